The lowest BCUT2D eigenvalue weighted by Gasteiger charge is -2.32. The van der Waals surface area contributed by atoms with Crippen LogP contribution in [0.15, 0.2) is 18.2 Å². The van der Waals surface area contributed by atoms with Crippen molar-refractivity contribution in [3.8, 4) is 5.75 Å². The van der Waals surface area contributed by atoms with Gasteiger partial charge in [0.25, 0.3) is 5.91 Å². The summed E-state index contributed by atoms with van der Waals surface area (Å²) in [6.07, 6.45) is 1.70. The van der Waals surface area contributed by atoms with E-state index >= 15 is 0 Å². The first kappa shape index (κ1) is 15.6. The molecule has 1 aromatic rings. The van der Waals surface area contributed by atoms with Gasteiger partial charge in [-0.2, -0.15) is 0 Å². The molecule has 6 heteroatoms. The lowest BCUT2D eigenvalue weighted by molar-refractivity contribution is -0.119. The standard InChI is InChI=1S/C15H19ClN2O3/c1-10(19)17-9-11-4-6-18(7-5-11)15(21)13-8-12(20)2-3-14(13)16/h2-3,8,11,20H,4-7,9H2,1H3,(H,17,19). The summed E-state index contributed by atoms with van der Waals surface area (Å²) < 4.78 is 0. The summed E-state index contributed by atoms with van der Waals surface area (Å²) in [7, 11) is 0. The van der Waals surface area contributed by atoms with Gasteiger partial charge in [0.15, 0.2) is 0 Å². The van der Waals surface area contributed by atoms with Crippen LogP contribution < -0.4 is 5.32 Å². The summed E-state index contributed by atoms with van der Waals surface area (Å²) in [5.41, 5.74) is 0.331. The first-order valence-electron chi connectivity index (χ1n) is 6.99. The Hall–Kier alpha value is -1.75. The number of nitrogens with one attached hydrogen (secondary N) is 1. The summed E-state index contributed by atoms with van der Waals surface area (Å²) in [5, 5.41) is 12.6. The van der Waals surface area contributed by atoms with E-state index in [1.807, 2.05) is 0 Å². The summed E-state index contributed by atoms with van der Waals surface area (Å²) in [5.74, 6) is 0.245. The van der Waals surface area contributed by atoms with E-state index in [2.05, 4.69) is 5.32 Å². The van der Waals surface area contributed by atoms with Crippen molar-refractivity contribution in [1.29, 1.82) is 0 Å². The molecule has 1 aliphatic heterocycles. The minimum atomic E-state index is -0.158. The molecule has 2 amide bonds. The summed E-state index contributed by atoms with van der Waals surface area (Å²) in [6, 6.07) is 4.38. The van der Waals surface area contributed by atoms with Crippen molar-refractivity contribution < 1.29 is 14.7 Å². The van der Waals surface area contributed by atoms with Crippen LogP contribution in [0.4, 0.5) is 0 Å². The van der Waals surface area contributed by atoms with Crippen LogP contribution >= 0.6 is 11.6 Å². The molecule has 2 N–H and O–H groups in total. The lowest BCUT2D eigenvalue weighted by Crippen LogP contribution is -2.41. The van der Waals surface area contributed by atoms with Crippen LogP contribution in [0.2, 0.25) is 5.02 Å². The highest BCUT2D eigenvalue weighted by Crippen LogP contribution is 2.25. The third-order valence-electron chi connectivity index (χ3n) is 3.72. The number of amides is 2. The number of carbonyl (C=O) groups is 2. The van der Waals surface area contributed by atoms with Gasteiger partial charge in [0.2, 0.25) is 5.91 Å². The van der Waals surface area contributed by atoms with E-state index in [0.717, 1.165) is 12.8 Å². The van der Waals surface area contributed by atoms with Gasteiger partial charge in [0.1, 0.15) is 5.75 Å². The maximum absolute atomic E-state index is 12.4. The van der Waals surface area contributed by atoms with Crippen LogP contribution in [0.5, 0.6) is 5.75 Å². The zero-order valence-electron chi connectivity index (χ0n) is 11.9. The average molecular weight is 311 g/mol. The predicted octanol–water partition coefficient (Wildman–Crippen LogP) is 2.03. The highest BCUT2D eigenvalue weighted by molar-refractivity contribution is 6.33. The number of piperidine rings is 1. The number of benzene rings is 1. The van der Waals surface area contributed by atoms with Crippen molar-refractivity contribution >= 4 is 23.4 Å². The molecule has 0 spiro atoms. The Balaban J connectivity index is 1.94. The summed E-state index contributed by atoms with van der Waals surface area (Å²) in [4.78, 5) is 25.0. The fraction of sp³-hybridized carbons (Fsp3) is 0.467. The SMILES string of the molecule is CC(=O)NCC1CCN(C(=O)c2cc(O)ccc2Cl)CC1. The van der Waals surface area contributed by atoms with Gasteiger partial charge < -0.3 is 15.3 Å². The smallest absolute Gasteiger partial charge is 0.255 e. The van der Waals surface area contributed by atoms with Crippen LogP contribution in [0.1, 0.15) is 30.1 Å². The Kier molecular flexibility index (Phi) is 5.07. The number of carbonyl (C=O) groups excluding carboxylic acids is 2. The number of hydrogen-bond donors (Lipinski definition) is 2. The zero-order chi connectivity index (χ0) is 15.4. The quantitative estimate of drug-likeness (QED) is 0.897. The Morgan fingerprint density at radius 1 is 1.38 bits per heavy atom. The van der Waals surface area contributed by atoms with Gasteiger partial charge in [0, 0.05) is 26.6 Å². The molecule has 0 atom stereocenters. The molecular formula is C15H19ClN2O3. The molecule has 0 radical (unpaired) electrons. The minimum absolute atomic E-state index is 0.0277. The second kappa shape index (κ2) is 6.80. The Labute approximate surface area is 128 Å². The molecule has 0 saturated carbocycles. The molecule has 0 aromatic heterocycles. The Bertz CT molecular complexity index is 540. The van der Waals surface area contributed by atoms with Gasteiger partial charge in [-0.25, -0.2) is 0 Å². The normalized spacial score (nSPS) is 15.8. The molecule has 0 unspecified atom stereocenters. The Morgan fingerprint density at radius 3 is 2.67 bits per heavy atom. The van der Waals surface area contributed by atoms with E-state index < -0.39 is 0 Å². The molecule has 1 fully saturated rings. The number of aromatic hydroxyl groups is 1. The Morgan fingerprint density at radius 2 is 2.05 bits per heavy atom. The lowest BCUT2D eigenvalue weighted by atomic mass is 9.96. The van der Waals surface area contributed by atoms with Gasteiger partial charge in [0.05, 0.1) is 10.6 Å². The largest absolute Gasteiger partial charge is 0.508 e. The van der Waals surface area contributed by atoms with Crippen molar-refractivity contribution in [3.63, 3.8) is 0 Å². The maximum Gasteiger partial charge on any atom is 0.255 e. The average Bonchev–Trinajstić information content (AvgIpc) is 2.47. The monoisotopic (exact) mass is 310 g/mol. The number of hydrogen-bond acceptors (Lipinski definition) is 3. The van der Waals surface area contributed by atoms with Crippen LogP contribution in [0.25, 0.3) is 0 Å². The fourth-order valence-electron chi connectivity index (χ4n) is 2.48. The van der Waals surface area contributed by atoms with E-state index in [1.54, 1.807) is 4.90 Å². The van der Waals surface area contributed by atoms with Gasteiger partial charge in [-0.1, -0.05) is 11.6 Å². The van der Waals surface area contributed by atoms with Crippen LogP contribution in [-0.2, 0) is 4.79 Å². The van der Waals surface area contributed by atoms with Crippen molar-refractivity contribution in [2.45, 2.75) is 19.8 Å². The molecule has 1 saturated heterocycles. The molecule has 1 heterocycles. The minimum Gasteiger partial charge on any atom is -0.508 e. The summed E-state index contributed by atoms with van der Waals surface area (Å²) in [6.45, 7) is 3.43. The second-order valence-electron chi connectivity index (χ2n) is 5.34. The van der Waals surface area contributed by atoms with Crippen LogP contribution in [0, 0.1) is 5.92 Å². The number of nitrogens with zero attached hydrogens (tertiary/aromatic N) is 1. The van der Waals surface area contributed by atoms with E-state index in [1.165, 1.54) is 25.1 Å². The van der Waals surface area contributed by atoms with E-state index in [4.69, 9.17) is 11.6 Å². The fourth-order valence-corrected chi connectivity index (χ4v) is 2.67. The highest BCUT2D eigenvalue weighted by Gasteiger charge is 2.25. The third kappa shape index (κ3) is 4.11. The maximum atomic E-state index is 12.4. The number of phenols is 1. The molecule has 0 aliphatic carbocycles. The van der Waals surface area contributed by atoms with Gasteiger partial charge in [-0.15, -0.1) is 0 Å². The van der Waals surface area contributed by atoms with Crippen molar-refractivity contribution in [2.75, 3.05) is 19.6 Å². The topological polar surface area (TPSA) is 69.6 Å². The highest BCUT2D eigenvalue weighted by atomic mass is 35.5. The van der Waals surface area contributed by atoms with Gasteiger partial charge in [-0.3, -0.25) is 9.59 Å². The molecular weight excluding hydrogens is 292 g/mol. The van der Waals surface area contributed by atoms with E-state index in [0.29, 0.717) is 36.1 Å². The first-order chi connectivity index (χ1) is 9.97. The van der Waals surface area contributed by atoms with E-state index in [-0.39, 0.29) is 17.6 Å². The number of halogens is 1. The predicted molar refractivity (Wildman–Crippen MR) is 80.4 cm³/mol. The van der Waals surface area contributed by atoms with Crippen molar-refractivity contribution in [3.05, 3.63) is 28.8 Å². The number of likely N-dealkylation sites (tertiary alicyclic amines) is 1. The van der Waals surface area contributed by atoms with Crippen LogP contribution in [-0.4, -0.2) is 41.5 Å². The second-order valence-corrected chi connectivity index (χ2v) is 5.74. The van der Waals surface area contributed by atoms with Crippen LogP contribution in [0.3, 0.4) is 0 Å². The van der Waals surface area contributed by atoms with Gasteiger partial charge in [-0.05, 0) is 37.0 Å². The van der Waals surface area contributed by atoms with Gasteiger partial charge >= 0.3 is 0 Å². The molecule has 2 rings (SSSR count). The van der Waals surface area contributed by atoms with E-state index in [9.17, 15) is 14.7 Å². The molecule has 0 bridgehead atoms. The number of phenolic OH excluding ortho intramolecular Hbond substituents is 1. The zero-order valence-corrected chi connectivity index (χ0v) is 12.7. The van der Waals surface area contributed by atoms with Crippen molar-refractivity contribution in [2.24, 2.45) is 5.92 Å². The number of rotatable bonds is 3. The molecule has 5 nitrogen and oxygen atoms in total. The molecule has 1 aliphatic rings. The molecule has 114 valence electrons. The summed E-state index contributed by atoms with van der Waals surface area (Å²) >= 11 is 6.02. The van der Waals surface area contributed by atoms with Crippen molar-refractivity contribution in [1.82, 2.24) is 10.2 Å². The first-order valence-corrected chi connectivity index (χ1v) is 7.37. The molecule has 1 aromatic carbocycles. The molecule has 21 heavy (non-hydrogen) atoms. The third-order valence-corrected chi connectivity index (χ3v) is 4.05.